The third-order valence-electron chi connectivity index (χ3n) is 3.82. The van der Waals surface area contributed by atoms with Gasteiger partial charge in [-0.25, -0.2) is 4.98 Å². The predicted octanol–water partition coefficient (Wildman–Crippen LogP) is 4.08. The summed E-state index contributed by atoms with van der Waals surface area (Å²) in [6.07, 6.45) is 1.92. The van der Waals surface area contributed by atoms with Crippen LogP contribution in [0.5, 0.6) is 0 Å². The van der Waals surface area contributed by atoms with Crippen LogP contribution >= 0.6 is 11.6 Å². The Kier molecular flexibility index (Phi) is 5.16. The van der Waals surface area contributed by atoms with Crippen molar-refractivity contribution < 1.29 is 9.21 Å². The Morgan fingerprint density at radius 3 is 2.83 bits per heavy atom. The molecule has 0 bridgehead atoms. The van der Waals surface area contributed by atoms with E-state index in [0.29, 0.717) is 25.3 Å². The lowest BCUT2D eigenvalue weighted by Crippen LogP contribution is -2.25. The van der Waals surface area contributed by atoms with Gasteiger partial charge in [0.1, 0.15) is 5.52 Å². The monoisotopic (exact) mass is 342 g/mol. The minimum Gasteiger partial charge on any atom is -0.441 e. The van der Waals surface area contributed by atoms with Crippen LogP contribution in [0, 0.1) is 6.92 Å². The maximum atomic E-state index is 12.0. The van der Waals surface area contributed by atoms with Gasteiger partial charge in [-0.1, -0.05) is 29.8 Å². The van der Waals surface area contributed by atoms with Gasteiger partial charge in [0.25, 0.3) is 0 Å². The zero-order valence-corrected chi connectivity index (χ0v) is 14.3. The van der Waals surface area contributed by atoms with Crippen molar-refractivity contribution in [3.8, 4) is 0 Å². The molecule has 0 radical (unpaired) electrons. The molecular weight excluding hydrogens is 324 g/mol. The molecule has 3 aromatic rings. The molecule has 2 aromatic carbocycles. The smallest absolute Gasteiger partial charge is 0.220 e. The molecule has 1 N–H and O–H groups in total. The fourth-order valence-corrected chi connectivity index (χ4v) is 2.84. The van der Waals surface area contributed by atoms with E-state index in [1.807, 2.05) is 49.4 Å². The first-order valence-corrected chi connectivity index (χ1v) is 8.35. The van der Waals surface area contributed by atoms with E-state index in [0.717, 1.165) is 33.7 Å². The fraction of sp³-hybridized carbons (Fsp3) is 0.263. The number of amides is 1. The zero-order chi connectivity index (χ0) is 16.9. The van der Waals surface area contributed by atoms with Crippen molar-refractivity contribution in [3.63, 3.8) is 0 Å². The normalized spacial score (nSPS) is 10.9. The Hall–Kier alpha value is -2.33. The van der Waals surface area contributed by atoms with Crippen LogP contribution in [0.3, 0.4) is 0 Å². The van der Waals surface area contributed by atoms with Gasteiger partial charge in [0, 0.05) is 24.9 Å². The summed E-state index contributed by atoms with van der Waals surface area (Å²) in [5.41, 5.74) is 3.82. The molecule has 0 aliphatic rings. The number of fused-ring (bicyclic) bond motifs is 1. The SMILES string of the molecule is Cc1nc2cc(CCC(=O)NCCc3cccc(Cl)c3)ccc2o1. The van der Waals surface area contributed by atoms with Gasteiger partial charge in [-0.2, -0.15) is 0 Å². The van der Waals surface area contributed by atoms with Gasteiger partial charge in [0.05, 0.1) is 0 Å². The highest BCUT2D eigenvalue weighted by Gasteiger charge is 2.06. The van der Waals surface area contributed by atoms with Crippen LogP contribution < -0.4 is 5.32 Å². The highest BCUT2D eigenvalue weighted by molar-refractivity contribution is 6.30. The molecule has 1 heterocycles. The second-order valence-electron chi connectivity index (χ2n) is 5.76. The van der Waals surface area contributed by atoms with E-state index in [1.165, 1.54) is 0 Å². The van der Waals surface area contributed by atoms with Gasteiger partial charge in [0.2, 0.25) is 5.91 Å². The first-order valence-electron chi connectivity index (χ1n) is 7.97. The summed E-state index contributed by atoms with van der Waals surface area (Å²) in [4.78, 5) is 16.3. The first-order chi connectivity index (χ1) is 11.6. The first kappa shape index (κ1) is 16.5. The number of halogens is 1. The highest BCUT2D eigenvalue weighted by atomic mass is 35.5. The molecule has 4 nitrogen and oxygen atoms in total. The molecule has 3 rings (SSSR count). The molecule has 1 aromatic heterocycles. The quantitative estimate of drug-likeness (QED) is 0.734. The number of nitrogens with zero attached hydrogens (tertiary/aromatic N) is 1. The molecule has 0 atom stereocenters. The van der Waals surface area contributed by atoms with Gasteiger partial charge in [-0.15, -0.1) is 0 Å². The second kappa shape index (κ2) is 7.49. The average molecular weight is 343 g/mol. The van der Waals surface area contributed by atoms with Crippen LogP contribution in [0.1, 0.15) is 23.4 Å². The lowest BCUT2D eigenvalue weighted by molar-refractivity contribution is -0.121. The summed E-state index contributed by atoms with van der Waals surface area (Å²) in [6.45, 7) is 2.44. The van der Waals surface area contributed by atoms with Crippen LogP contribution in [0.2, 0.25) is 5.02 Å². The number of aromatic nitrogens is 1. The number of nitrogens with one attached hydrogen (secondary N) is 1. The molecule has 0 fully saturated rings. The lowest BCUT2D eigenvalue weighted by Gasteiger charge is -2.06. The summed E-state index contributed by atoms with van der Waals surface area (Å²) in [6, 6.07) is 13.5. The summed E-state index contributed by atoms with van der Waals surface area (Å²) in [5, 5.41) is 3.67. The van der Waals surface area contributed by atoms with Crippen molar-refractivity contribution >= 4 is 28.6 Å². The van der Waals surface area contributed by atoms with Crippen molar-refractivity contribution in [1.82, 2.24) is 10.3 Å². The summed E-state index contributed by atoms with van der Waals surface area (Å²) in [7, 11) is 0. The number of hydrogen-bond donors (Lipinski definition) is 1. The fourth-order valence-electron chi connectivity index (χ4n) is 2.63. The second-order valence-corrected chi connectivity index (χ2v) is 6.20. The van der Waals surface area contributed by atoms with Crippen LogP contribution in [0.25, 0.3) is 11.1 Å². The van der Waals surface area contributed by atoms with Crippen molar-refractivity contribution in [2.45, 2.75) is 26.2 Å². The van der Waals surface area contributed by atoms with Crippen LogP contribution in [0.4, 0.5) is 0 Å². The number of benzene rings is 2. The van der Waals surface area contributed by atoms with Gasteiger partial charge < -0.3 is 9.73 Å². The Bertz CT molecular complexity index is 857. The van der Waals surface area contributed by atoms with Crippen molar-refractivity contribution in [2.75, 3.05) is 6.54 Å². The Morgan fingerprint density at radius 1 is 1.17 bits per heavy atom. The van der Waals surface area contributed by atoms with Crippen molar-refractivity contribution in [3.05, 3.63) is 64.5 Å². The van der Waals surface area contributed by atoms with E-state index in [9.17, 15) is 4.79 Å². The molecule has 0 saturated heterocycles. The molecule has 24 heavy (non-hydrogen) atoms. The Balaban J connectivity index is 1.46. The summed E-state index contributed by atoms with van der Waals surface area (Å²) >= 11 is 5.95. The molecule has 0 aliphatic heterocycles. The third kappa shape index (κ3) is 4.36. The minimum atomic E-state index is 0.0495. The minimum absolute atomic E-state index is 0.0495. The molecule has 0 saturated carbocycles. The van der Waals surface area contributed by atoms with Crippen LogP contribution in [-0.4, -0.2) is 17.4 Å². The number of carbonyl (C=O) groups excluding carboxylic acids is 1. The average Bonchev–Trinajstić information content (AvgIpc) is 2.92. The van der Waals surface area contributed by atoms with Crippen LogP contribution in [-0.2, 0) is 17.6 Å². The molecule has 0 unspecified atom stereocenters. The topological polar surface area (TPSA) is 55.1 Å². The van der Waals surface area contributed by atoms with Gasteiger partial charge >= 0.3 is 0 Å². The predicted molar refractivity (Wildman–Crippen MR) is 95.2 cm³/mol. The van der Waals surface area contributed by atoms with Crippen molar-refractivity contribution in [1.29, 1.82) is 0 Å². The third-order valence-corrected chi connectivity index (χ3v) is 4.06. The van der Waals surface area contributed by atoms with Gasteiger partial charge in [-0.05, 0) is 48.2 Å². The standard InChI is InChI=1S/C19H19ClN2O2/c1-13-22-17-12-15(5-7-18(17)24-13)6-8-19(23)21-10-9-14-3-2-4-16(20)11-14/h2-5,7,11-12H,6,8-10H2,1H3,(H,21,23). The lowest BCUT2D eigenvalue weighted by atomic mass is 10.1. The number of oxazole rings is 1. The molecule has 124 valence electrons. The maximum absolute atomic E-state index is 12.0. The van der Waals surface area contributed by atoms with Crippen molar-refractivity contribution in [2.24, 2.45) is 0 Å². The molecule has 0 spiro atoms. The molecule has 1 amide bonds. The molecule has 5 heteroatoms. The van der Waals surface area contributed by atoms with E-state index >= 15 is 0 Å². The largest absolute Gasteiger partial charge is 0.441 e. The summed E-state index contributed by atoms with van der Waals surface area (Å²) in [5.74, 6) is 0.703. The number of hydrogen-bond acceptors (Lipinski definition) is 3. The van der Waals surface area contributed by atoms with Crippen LogP contribution in [0.15, 0.2) is 46.9 Å². The van der Waals surface area contributed by atoms with E-state index in [-0.39, 0.29) is 5.91 Å². The maximum Gasteiger partial charge on any atom is 0.220 e. The van der Waals surface area contributed by atoms with E-state index < -0.39 is 0 Å². The molecular formula is C19H19ClN2O2. The van der Waals surface area contributed by atoms with E-state index in [4.69, 9.17) is 16.0 Å². The Labute approximate surface area is 145 Å². The van der Waals surface area contributed by atoms with Gasteiger partial charge in [-0.3, -0.25) is 4.79 Å². The van der Waals surface area contributed by atoms with Gasteiger partial charge in [0.15, 0.2) is 11.5 Å². The Morgan fingerprint density at radius 2 is 2.00 bits per heavy atom. The number of carbonyl (C=O) groups is 1. The number of aryl methyl sites for hydroxylation is 2. The van der Waals surface area contributed by atoms with E-state index in [1.54, 1.807) is 0 Å². The summed E-state index contributed by atoms with van der Waals surface area (Å²) < 4.78 is 5.45. The van der Waals surface area contributed by atoms with E-state index in [2.05, 4.69) is 10.3 Å². The zero-order valence-electron chi connectivity index (χ0n) is 13.5. The number of rotatable bonds is 6. The highest BCUT2D eigenvalue weighted by Crippen LogP contribution is 2.17. The molecule has 0 aliphatic carbocycles.